The van der Waals surface area contributed by atoms with Gasteiger partial charge in [0, 0.05) is 6.04 Å². The first-order valence-corrected chi connectivity index (χ1v) is 6.30. The Balaban J connectivity index is 2.54. The first-order valence-electron chi connectivity index (χ1n) is 6.30. The summed E-state index contributed by atoms with van der Waals surface area (Å²) in [5.74, 6) is -0.686. The van der Waals surface area contributed by atoms with E-state index in [1.54, 1.807) is 12.1 Å². The molecule has 1 aromatic carbocycles. The maximum absolute atomic E-state index is 13.7. The fraction of sp³-hybridized carbons (Fsp3) is 0.500. The number of hydrogen-bond donors (Lipinski definition) is 1. The van der Waals surface area contributed by atoms with Crippen LogP contribution in [-0.4, -0.2) is 25.7 Å². The Bertz CT molecular complexity index is 423. The smallest absolute Gasteiger partial charge is 0.308 e. The van der Waals surface area contributed by atoms with Gasteiger partial charge in [-0.15, -0.1) is 0 Å². The van der Waals surface area contributed by atoms with Crippen LogP contribution in [0, 0.1) is 5.82 Å². The van der Waals surface area contributed by atoms with Crippen molar-refractivity contribution >= 4 is 5.97 Å². The number of esters is 1. The van der Waals surface area contributed by atoms with Crippen molar-refractivity contribution in [1.29, 1.82) is 0 Å². The van der Waals surface area contributed by atoms with Crippen LogP contribution in [0.25, 0.3) is 0 Å². The topological polar surface area (TPSA) is 61.5 Å². The van der Waals surface area contributed by atoms with E-state index in [2.05, 4.69) is 4.74 Å². The summed E-state index contributed by atoms with van der Waals surface area (Å²) in [4.78, 5) is 10.9. The molecule has 0 aliphatic heterocycles. The molecule has 0 bridgehead atoms. The molecule has 0 amide bonds. The number of carbonyl (C=O) groups excluding carboxylic acids is 1. The molecule has 0 saturated carbocycles. The highest BCUT2D eigenvalue weighted by atomic mass is 19.1. The minimum atomic E-state index is -0.439. The van der Waals surface area contributed by atoms with Crippen LogP contribution in [0.4, 0.5) is 4.39 Å². The Hall–Kier alpha value is -1.62. The summed E-state index contributed by atoms with van der Waals surface area (Å²) in [6.45, 7) is 2.09. The van der Waals surface area contributed by atoms with E-state index in [0.717, 1.165) is 12.0 Å². The van der Waals surface area contributed by atoms with Crippen LogP contribution >= 0.6 is 0 Å². The lowest BCUT2D eigenvalue weighted by Gasteiger charge is -2.11. The highest BCUT2D eigenvalue weighted by Gasteiger charge is 2.08. The van der Waals surface area contributed by atoms with E-state index < -0.39 is 5.82 Å². The lowest BCUT2D eigenvalue weighted by atomic mass is 10.0. The number of carbonyl (C=O) groups is 1. The summed E-state index contributed by atoms with van der Waals surface area (Å²) in [7, 11) is 1.30. The van der Waals surface area contributed by atoms with Gasteiger partial charge in [0.15, 0.2) is 11.6 Å². The van der Waals surface area contributed by atoms with Crippen molar-refractivity contribution in [2.45, 2.75) is 32.2 Å². The van der Waals surface area contributed by atoms with Crippen LogP contribution in [-0.2, 0) is 16.0 Å². The van der Waals surface area contributed by atoms with Crippen LogP contribution in [0.15, 0.2) is 18.2 Å². The van der Waals surface area contributed by atoms with Crippen LogP contribution in [0.3, 0.4) is 0 Å². The fourth-order valence-electron chi connectivity index (χ4n) is 1.58. The predicted molar refractivity (Wildman–Crippen MR) is 70.5 cm³/mol. The highest BCUT2D eigenvalue weighted by Crippen LogP contribution is 2.19. The molecule has 1 aromatic rings. The standard InChI is InChI=1S/C14H20FNO3/c1-3-11(16)8-10-4-5-13(12(15)9-10)19-7-6-14(17)18-2/h4-5,9,11H,3,6-8,16H2,1-2H3. The third-order valence-electron chi connectivity index (χ3n) is 2.81. The Morgan fingerprint density at radius 2 is 2.21 bits per heavy atom. The molecule has 0 fully saturated rings. The molecule has 0 radical (unpaired) electrons. The second-order valence-electron chi connectivity index (χ2n) is 4.31. The van der Waals surface area contributed by atoms with Crippen molar-refractivity contribution in [3.05, 3.63) is 29.6 Å². The van der Waals surface area contributed by atoms with E-state index in [1.165, 1.54) is 13.2 Å². The summed E-state index contributed by atoms with van der Waals surface area (Å²) in [6, 6.07) is 4.80. The molecule has 0 spiro atoms. The first-order chi connectivity index (χ1) is 9.06. The summed E-state index contributed by atoms with van der Waals surface area (Å²) in [5.41, 5.74) is 6.66. The zero-order valence-electron chi connectivity index (χ0n) is 11.3. The second-order valence-corrected chi connectivity index (χ2v) is 4.31. The van der Waals surface area contributed by atoms with Gasteiger partial charge in [-0.1, -0.05) is 13.0 Å². The second kappa shape index (κ2) is 7.74. The van der Waals surface area contributed by atoms with Crippen molar-refractivity contribution in [2.24, 2.45) is 5.73 Å². The van der Waals surface area contributed by atoms with E-state index in [1.807, 2.05) is 6.92 Å². The molecule has 5 heteroatoms. The normalized spacial score (nSPS) is 12.0. The molecule has 0 heterocycles. The van der Waals surface area contributed by atoms with E-state index in [-0.39, 0.29) is 30.8 Å². The van der Waals surface area contributed by atoms with Gasteiger partial charge >= 0.3 is 5.97 Å². The Kier molecular flexibility index (Phi) is 6.29. The van der Waals surface area contributed by atoms with Gasteiger partial charge in [-0.25, -0.2) is 4.39 Å². The molecule has 2 N–H and O–H groups in total. The van der Waals surface area contributed by atoms with Crippen molar-refractivity contribution in [1.82, 2.24) is 0 Å². The number of rotatable bonds is 7. The molecule has 0 aliphatic rings. The van der Waals surface area contributed by atoms with Gasteiger partial charge in [0.1, 0.15) is 0 Å². The summed E-state index contributed by atoms with van der Waals surface area (Å²) in [5, 5.41) is 0. The number of nitrogens with two attached hydrogens (primary N) is 1. The summed E-state index contributed by atoms with van der Waals surface area (Å²) >= 11 is 0. The highest BCUT2D eigenvalue weighted by molar-refractivity contribution is 5.69. The molecule has 4 nitrogen and oxygen atoms in total. The van der Waals surface area contributed by atoms with Crippen LogP contribution < -0.4 is 10.5 Å². The molecule has 1 rings (SSSR count). The number of halogens is 1. The minimum Gasteiger partial charge on any atom is -0.490 e. The number of hydrogen-bond acceptors (Lipinski definition) is 4. The van der Waals surface area contributed by atoms with Crippen LogP contribution in [0.2, 0.25) is 0 Å². The van der Waals surface area contributed by atoms with Crippen LogP contribution in [0.5, 0.6) is 5.75 Å². The quantitative estimate of drug-likeness (QED) is 0.769. The lowest BCUT2D eigenvalue weighted by molar-refractivity contribution is -0.141. The largest absolute Gasteiger partial charge is 0.490 e. The fourth-order valence-corrected chi connectivity index (χ4v) is 1.58. The van der Waals surface area contributed by atoms with Gasteiger partial charge in [0.2, 0.25) is 0 Å². The van der Waals surface area contributed by atoms with Gasteiger partial charge in [0.25, 0.3) is 0 Å². The van der Waals surface area contributed by atoms with Gasteiger partial charge < -0.3 is 15.2 Å². The van der Waals surface area contributed by atoms with Crippen molar-refractivity contribution in [3.63, 3.8) is 0 Å². The SMILES string of the molecule is CCC(N)Cc1ccc(OCCC(=O)OC)c(F)c1. The Morgan fingerprint density at radius 3 is 2.79 bits per heavy atom. The van der Waals surface area contributed by atoms with Crippen molar-refractivity contribution in [3.8, 4) is 5.75 Å². The number of benzene rings is 1. The monoisotopic (exact) mass is 269 g/mol. The molecular formula is C14H20FNO3. The molecule has 0 saturated heterocycles. The third-order valence-corrected chi connectivity index (χ3v) is 2.81. The van der Waals surface area contributed by atoms with E-state index in [9.17, 15) is 9.18 Å². The zero-order valence-corrected chi connectivity index (χ0v) is 11.3. The van der Waals surface area contributed by atoms with Crippen molar-refractivity contribution in [2.75, 3.05) is 13.7 Å². The molecule has 1 atom stereocenters. The number of ether oxygens (including phenoxy) is 2. The van der Waals surface area contributed by atoms with Gasteiger partial charge in [-0.05, 0) is 30.5 Å². The molecule has 0 aromatic heterocycles. The molecule has 0 aliphatic carbocycles. The molecule has 106 valence electrons. The Labute approximate surface area is 112 Å². The zero-order chi connectivity index (χ0) is 14.3. The molecule has 19 heavy (non-hydrogen) atoms. The summed E-state index contributed by atoms with van der Waals surface area (Å²) in [6.07, 6.45) is 1.58. The van der Waals surface area contributed by atoms with Crippen LogP contribution in [0.1, 0.15) is 25.3 Å². The van der Waals surface area contributed by atoms with E-state index in [4.69, 9.17) is 10.5 Å². The van der Waals surface area contributed by atoms with E-state index >= 15 is 0 Å². The molecular weight excluding hydrogens is 249 g/mol. The Morgan fingerprint density at radius 1 is 1.47 bits per heavy atom. The van der Waals surface area contributed by atoms with Crippen molar-refractivity contribution < 1.29 is 18.7 Å². The average Bonchev–Trinajstić information content (AvgIpc) is 2.40. The maximum Gasteiger partial charge on any atom is 0.308 e. The average molecular weight is 269 g/mol. The van der Waals surface area contributed by atoms with E-state index in [0.29, 0.717) is 6.42 Å². The predicted octanol–water partition coefficient (Wildman–Crippen LogP) is 2.05. The summed E-state index contributed by atoms with van der Waals surface area (Å²) < 4.78 is 23.4. The van der Waals surface area contributed by atoms with Gasteiger partial charge in [0.05, 0.1) is 20.1 Å². The number of methoxy groups -OCH3 is 1. The van der Waals surface area contributed by atoms with Gasteiger partial charge in [-0.3, -0.25) is 4.79 Å². The van der Waals surface area contributed by atoms with Gasteiger partial charge in [-0.2, -0.15) is 0 Å². The lowest BCUT2D eigenvalue weighted by Crippen LogP contribution is -2.21. The maximum atomic E-state index is 13.7. The third kappa shape index (κ3) is 5.26. The molecule has 1 unspecified atom stereocenters. The minimum absolute atomic E-state index is 0.0329. The first kappa shape index (κ1) is 15.4.